The quantitative estimate of drug-likeness (QED) is 0.730. The molecule has 1 aromatic heterocycles. The number of carbonyl (C=O) groups excluding carboxylic acids is 1. The van der Waals surface area contributed by atoms with Crippen LogP contribution < -0.4 is 16.5 Å². The molecule has 2 aliphatic carbocycles. The maximum Gasteiger partial charge on any atom is 0.241 e. The van der Waals surface area contributed by atoms with Crippen LogP contribution in [0.1, 0.15) is 69.4 Å². The van der Waals surface area contributed by atoms with Gasteiger partial charge in [-0.15, -0.1) is 0 Å². The summed E-state index contributed by atoms with van der Waals surface area (Å²) in [6.07, 6.45) is 14.4. The normalized spacial score (nSPS) is 18.7. The minimum atomic E-state index is -0.616. The average Bonchev–Trinajstić information content (AvgIpc) is 3.24. The number of hydrogen-bond donors (Lipinski definition) is 2. The van der Waals surface area contributed by atoms with Crippen molar-refractivity contribution in [3.05, 3.63) is 46.0 Å². The van der Waals surface area contributed by atoms with Crippen molar-refractivity contribution in [3.63, 3.8) is 0 Å². The molecule has 0 radical (unpaired) electrons. The molecule has 0 aliphatic heterocycles. The summed E-state index contributed by atoms with van der Waals surface area (Å²) in [4.78, 5) is 24.1. The molecule has 29 heavy (non-hydrogen) atoms. The lowest BCUT2D eigenvalue weighted by molar-refractivity contribution is -0.113. The molecule has 2 fully saturated rings. The number of halogens is 1. The zero-order valence-electron chi connectivity index (χ0n) is 16.6. The van der Waals surface area contributed by atoms with Crippen molar-refractivity contribution in [1.29, 1.82) is 0 Å². The van der Waals surface area contributed by atoms with E-state index in [1.54, 1.807) is 12.3 Å². The third kappa shape index (κ3) is 4.21. The summed E-state index contributed by atoms with van der Waals surface area (Å²) in [6, 6.07) is 3.68. The van der Waals surface area contributed by atoms with Crippen LogP contribution in [0.15, 0.2) is 29.2 Å². The number of nitrogens with zero attached hydrogens (tertiary/aromatic N) is 1. The molecule has 4 rings (SSSR count). The topological polar surface area (TPSA) is 77.1 Å². The Hall–Kier alpha value is -2.63. The van der Waals surface area contributed by atoms with Crippen molar-refractivity contribution < 1.29 is 9.18 Å². The predicted octanol–water partition coefficient (Wildman–Crippen LogP) is 4.50. The van der Waals surface area contributed by atoms with E-state index in [4.69, 9.17) is 5.73 Å². The Balaban J connectivity index is 1.82. The second-order valence-corrected chi connectivity index (χ2v) is 8.32. The molecule has 1 amide bonds. The molecule has 2 aliphatic rings. The lowest BCUT2D eigenvalue weighted by Crippen LogP contribution is -2.23. The van der Waals surface area contributed by atoms with Crippen LogP contribution in [0.5, 0.6) is 0 Å². The van der Waals surface area contributed by atoms with E-state index in [9.17, 15) is 14.0 Å². The van der Waals surface area contributed by atoms with Crippen molar-refractivity contribution >= 4 is 28.6 Å². The maximum atomic E-state index is 14.9. The van der Waals surface area contributed by atoms with Gasteiger partial charge in [0.2, 0.25) is 5.91 Å². The van der Waals surface area contributed by atoms with Gasteiger partial charge in [0.15, 0.2) is 5.43 Å². The fraction of sp³-hybridized carbons (Fsp3) is 0.478. The summed E-state index contributed by atoms with van der Waals surface area (Å²) < 4.78 is 17.0. The lowest BCUT2D eigenvalue weighted by Gasteiger charge is -2.25. The number of nitrogens with two attached hydrogens (primary N) is 1. The smallest absolute Gasteiger partial charge is 0.241 e. The first-order valence-electron chi connectivity index (χ1n) is 10.7. The molecule has 1 heterocycles. The van der Waals surface area contributed by atoms with E-state index in [1.807, 2.05) is 0 Å². The second-order valence-electron chi connectivity index (χ2n) is 8.32. The first-order chi connectivity index (χ1) is 14.0. The molecular formula is C23H28FN3O2. The molecule has 154 valence electrons. The van der Waals surface area contributed by atoms with Crippen LogP contribution in [-0.2, 0) is 4.79 Å². The Bertz CT molecular complexity index is 999. The Morgan fingerprint density at radius 2 is 1.79 bits per heavy atom. The van der Waals surface area contributed by atoms with E-state index in [0.717, 1.165) is 56.9 Å². The standard InChI is InChI=1S/C23H28FN3O2/c24-19-12-18-21(13-20(19)26-16-6-2-1-3-7-16)27(17-8-4-5-9-17)14-15(23(18)29)10-11-22(25)28/h10-14,16-17,26H,1-9H2,(H2,25,28). The number of fused-ring (bicyclic) bond motifs is 1. The SMILES string of the molecule is NC(=O)C=Cc1cn(C2CCCC2)c2cc(NC3CCCCC3)c(F)cc2c1=O. The fourth-order valence-corrected chi connectivity index (χ4v) is 4.74. The first-order valence-corrected chi connectivity index (χ1v) is 10.7. The van der Waals surface area contributed by atoms with E-state index in [2.05, 4.69) is 9.88 Å². The van der Waals surface area contributed by atoms with E-state index in [0.29, 0.717) is 16.6 Å². The van der Waals surface area contributed by atoms with Gasteiger partial charge in [-0.25, -0.2) is 4.39 Å². The van der Waals surface area contributed by atoms with Crippen LogP contribution in [0.3, 0.4) is 0 Å². The van der Waals surface area contributed by atoms with Crippen LogP contribution in [0.4, 0.5) is 10.1 Å². The minimum Gasteiger partial charge on any atom is -0.380 e. The molecule has 2 aromatic rings. The van der Waals surface area contributed by atoms with Crippen LogP contribution in [-0.4, -0.2) is 16.5 Å². The summed E-state index contributed by atoms with van der Waals surface area (Å²) in [5.74, 6) is -1.02. The summed E-state index contributed by atoms with van der Waals surface area (Å²) in [5.41, 5.74) is 6.48. The fourth-order valence-electron chi connectivity index (χ4n) is 4.74. The molecule has 5 nitrogen and oxygen atoms in total. The summed E-state index contributed by atoms with van der Waals surface area (Å²) in [7, 11) is 0. The van der Waals surface area contributed by atoms with Crippen LogP contribution in [0, 0.1) is 5.82 Å². The van der Waals surface area contributed by atoms with Gasteiger partial charge in [0, 0.05) is 35.3 Å². The van der Waals surface area contributed by atoms with Gasteiger partial charge in [0.25, 0.3) is 0 Å². The third-order valence-corrected chi connectivity index (χ3v) is 6.26. The molecule has 0 bridgehead atoms. The van der Waals surface area contributed by atoms with E-state index >= 15 is 0 Å². The molecule has 6 heteroatoms. The van der Waals surface area contributed by atoms with Gasteiger partial charge >= 0.3 is 0 Å². The Morgan fingerprint density at radius 3 is 2.48 bits per heavy atom. The van der Waals surface area contributed by atoms with Gasteiger partial charge in [0.1, 0.15) is 5.82 Å². The highest BCUT2D eigenvalue weighted by atomic mass is 19.1. The Labute approximate surface area is 169 Å². The number of rotatable bonds is 5. The monoisotopic (exact) mass is 397 g/mol. The van der Waals surface area contributed by atoms with Crippen LogP contribution in [0.2, 0.25) is 0 Å². The number of amides is 1. The van der Waals surface area contributed by atoms with Gasteiger partial charge in [-0.3, -0.25) is 9.59 Å². The van der Waals surface area contributed by atoms with Crippen LogP contribution in [0.25, 0.3) is 17.0 Å². The van der Waals surface area contributed by atoms with E-state index < -0.39 is 11.7 Å². The van der Waals surface area contributed by atoms with Gasteiger partial charge in [-0.1, -0.05) is 32.1 Å². The van der Waals surface area contributed by atoms with Gasteiger partial charge in [-0.2, -0.15) is 0 Å². The zero-order chi connectivity index (χ0) is 20.4. The Kier molecular flexibility index (Phi) is 5.69. The lowest BCUT2D eigenvalue weighted by atomic mass is 9.95. The zero-order valence-corrected chi connectivity index (χ0v) is 16.6. The van der Waals surface area contributed by atoms with Gasteiger partial charge in [-0.05, 0) is 43.9 Å². The Morgan fingerprint density at radius 1 is 1.10 bits per heavy atom. The number of benzene rings is 1. The van der Waals surface area contributed by atoms with Crippen molar-refractivity contribution in [2.24, 2.45) is 5.73 Å². The third-order valence-electron chi connectivity index (χ3n) is 6.26. The average molecular weight is 397 g/mol. The number of hydrogen-bond acceptors (Lipinski definition) is 3. The molecule has 2 saturated carbocycles. The highest BCUT2D eigenvalue weighted by Crippen LogP contribution is 2.34. The summed E-state index contributed by atoms with van der Waals surface area (Å²) in [6.45, 7) is 0. The number of primary amides is 1. The molecule has 3 N–H and O–H groups in total. The van der Waals surface area contributed by atoms with Crippen molar-refractivity contribution in [3.8, 4) is 0 Å². The van der Waals surface area contributed by atoms with Gasteiger partial charge in [0.05, 0.1) is 11.2 Å². The molecule has 0 atom stereocenters. The highest BCUT2D eigenvalue weighted by Gasteiger charge is 2.22. The number of carbonyl (C=O) groups is 1. The number of anilines is 1. The summed E-state index contributed by atoms with van der Waals surface area (Å²) in [5, 5.41) is 3.71. The highest BCUT2D eigenvalue weighted by molar-refractivity contribution is 5.91. The molecule has 0 unspecified atom stereocenters. The van der Waals surface area contributed by atoms with E-state index in [-0.39, 0.29) is 17.5 Å². The minimum absolute atomic E-state index is 0.270. The largest absolute Gasteiger partial charge is 0.380 e. The predicted molar refractivity (Wildman–Crippen MR) is 114 cm³/mol. The molecule has 1 aromatic carbocycles. The number of pyridine rings is 1. The van der Waals surface area contributed by atoms with Crippen molar-refractivity contribution in [2.75, 3.05) is 5.32 Å². The number of nitrogens with one attached hydrogen (secondary N) is 1. The van der Waals surface area contributed by atoms with Crippen molar-refractivity contribution in [2.45, 2.75) is 69.9 Å². The van der Waals surface area contributed by atoms with E-state index in [1.165, 1.54) is 24.6 Å². The second kappa shape index (κ2) is 8.39. The van der Waals surface area contributed by atoms with Gasteiger partial charge < -0.3 is 15.6 Å². The molecule has 0 spiro atoms. The van der Waals surface area contributed by atoms with Crippen LogP contribution >= 0.6 is 0 Å². The summed E-state index contributed by atoms with van der Waals surface area (Å²) >= 11 is 0. The molecular weight excluding hydrogens is 369 g/mol. The molecule has 0 saturated heterocycles. The maximum absolute atomic E-state index is 14.9. The first kappa shape index (κ1) is 19.7. The van der Waals surface area contributed by atoms with Crippen molar-refractivity contribution in [1.82, 2.24) is 4.57 Å². The number of aromatic nitrogens is 1.